The number of hydrogen-bond donors (Lipinski definition) is 1. The summed E-state index contributed by atoms with van der Waals surface area (Å²) in [6.45, 7) is 3.33. The van der Waals surface area contributed by atoms with Gasteiger partial charge in [0.15, 0.2) is 11.5 Å². The summed E-state index contributed by atoms with van der Waals surface area (Å²) >= 11 is 0. The van der Waals surface area contributed by atoms with Gasteiger partial charge in [0.2, 0.25) is 0 Å². The van der Waals surface area contributed by atoms with Crippen LogP contribution in [-0.4, -0.2) is 61.2 Å². The molecule has 4 aliphatic carbocycles. The first-order valence-corrected chi connectivity index (χ1v) is 12.4. The Morgan fingerprint density at radius 1 is 1.09 bits per heavy atom. The molecule has 5 nitrogen and oxygen atoms in total. The summed E-state index contributed by atoms with van der Waals surface area (Å²) in [7, 11) is 5.74. The lowest BCUT2D eigenvalue weighted by Gasteiger charge is -2.73. The number of nitrogens with zero attached hydrogens (tertiary/aromatic N) is 2. The molecule has 34 heavy (non-hydrogen) atoms. The highest BCUT2D eigenvalue weighted by Gasteiger charge is 2.81. The van der Waals surface area contributed by atoms with E-state index >= 15 is 0 Å². The number of ether oxygens (including phenoxy) is 2. The van der Waals surface area contributed by atoms with Crippen LogP contribution in [0, 0.1) is 10.8 Å². The van der Waals surface area contributed by atoms with E-state index in [9.17, 15) is 5.11 Å². The van der Waals surface area contributed by atoms with Crippen LogP contribution >= 0.6 is 0 Å². The summed E-state index contributed by atoms with van der Waals surface area (Å²) in [4.78, 5) is 8.14. The minimum Gasteiger partial charge on any atom is -0.504 e. The van der Waals surface area contributed by atoms with Gasteiger partial charge in [-0.2, -0.15) is 0 Å². The predicted molar refractivity (Wildman–Crippen MR) is 132 cm³/mol. The van der Waals surface area contributed by atoms with Gasteiger partial charge in [0.1, 0.15) is 5.60 Å². The molecule has 6 bridgehead atoms. The summed E-state index contributed by atoms with van der Waals surface area (Å²) in [5.41, 5.74) is 3.29. The number of rotatable bonds is 3. The lowest BCUT2D eigenvalue weighted by Crippen LogP contribution is -2.79. The quantitative estimate of drug-likeness (QED) is 0.706. The maximum atomic E-state index is 11.6. The highest BCUT2D eigenvalue weighted by Crippen LogP contribution is 2.76. The van der Waals surface area contributed by atoms with Gasteiger partial charge in [0, 0.05) is 35.0 Å². The maximum absolute atomic E-state index is 11.6. The molecule has 6 aliphatic rings. The number of likely N-dealkylation sites (tertiary alicyclic amines) is 1. The molecule has 0 amide bonds. The molecule has 176 valence electrons. The van der Waals surface area contributed by atoms with E-state index in [-0.39, 0.29) is 22.3 Å². The van der Waals surface area contributed by atoms with E-state index in [0.29, 0.717) is 17.5 Å². The number of fused-ring (bicyclic) bond motifs is 1. The Bertz CT molecular complexity index is 1270. The van der Waals surface area contributed by atoms with Crippen molar-refractivity contribution in [2.24, 2.45) is 15.8 Å². The fourth-order valence-electron chi connectivity index (χ4n) is 8.98. The third-order valence-corrected chi connectivity index (χ3v) is 10.3. The first kappa shape index (κ1) is 20.7. The number of phenols is 1. The number of aromatic hydroxyl groups is 1. The Hall–Kier alpha value is -2.63. The molecule has 1 spiro atoms. The van der Waals surface area contributed by atoms with Crippen molar-refractivity contribution >= 4 is 5.71 Å². The standard InChI is InChI=1S/C29H32N2O3/c1-26-17-27-12-13-29(26,34-4)25(30-24(26)18-8-6-5-7-9-18)28(27)14-15-31(2)21(27)16-19-10-11-20(33-3)23(32)22(19)28/h5-13,21,25,32H,14-17H2,1-4H3/t21?,25-,26-,27?,28?,29?/m0/s1. The van der Waals surface area contributed by atoms with Gasteiger partial charge in [-0.05, 0) is 50.0 Å². The minimum absolute atomic E-state index is 0.114. The lowest BCUT2D eigenvalue weighted by atomic mass is 9.34. The van der Waals surface area contributed by atoms with Gasteiger partial charge in [0.05, 0.1) is 18.9 Å². The molecule has 5 heteroatoms. The van der Waals surface area contributed by atoms with Crippen molar-refractivity contribution in [3.8, 4) is 11.5 Å². The average Bonchev–Trinajstić information content (AvgIpc) is 3.06. The van der Waals surface area contributed by atoms with E-state index in [1.54, 1.807) is 7.11 Å². The zero-order valence-corrected chi connectivity index (χ0v) is 20.3. The molecule has 4 unspecified atom stereocenters. The number of methoxy groups -OCH3 is 2. The number of phenolic OH excluding ortho intramolecular Hbond substituents is 1. The Morgan fingerprint density at radius 3 is 2.62 bits per heavy atom. The zero-order chi connectivity index (χ0) is 23.5. The molecule has 2 fully saturated rings. The number of piperidine rings is 1. The van der Waals surface area contributed by atoms with Crippen LogP contribution in [0.3, 0.4) is 0 Å². The van der Waals surface area contributed by atoms with E-state index in [1.165, 1.54) is 11.1 Å². The second-order valence-corrected chi connectivity index (χ2v) is 11.2. The van der Waals surface area contributed by atoms with Gasteiger partial charge >= 0.3 is 0 Å². The molecule has 8 rings (SSSR count). The van der Waals surface area contributed by atoms with E-state index in [1.807, 2.05) is 13.2 Å². The molecule has 1 saturated carbocycles. The van der Waals surface area contributed by atoms with Crippen molar-refractivity contribution in [3.05, 3.63) is 71.3 Å². The number of likely N-dealkylation sites (N-methyl/N-ethyl adjacent to an activating group) is 1. The SMILES string of the molecule is COc1ccc2c(c1O)C13CCN(C)C(C2)C12C=CC1(OC)[C@H]3N=C(c3ccccc3)[C@]1(C)C2. The normalized spacial score (nSPS) is 41.1. The average molecular weight is 457 g/mol. The van der Waals surface area contributed by atoms with Crippen LogP contribution in [0.5, 0.6) is 11.5 Å². The van der Waals surface area contributed by atoms with E-state index in [4.69, 9.17) is 14.5 Å². The molecule has 1 N–H and O–H groups in total. The third kappa shape index (κ3) is 1.94. The summed E-state index contributed by atoms with van der Waals surface area (Å²) in [5.74, 6) is 0.838. The first-order valence-electron chi connectivity index (χ1n) is 12.4. The van der Waals surface area contributed by atoms with Gasteiger partial charge in [-0.1, -0.05) is 55.5 Å². The molecule has 0 radical (unpaired) electrons. The van der Waals surface area contributed by atoms with Gasteiger partial charge in [-0.15, -0.1) is 0 Å². The molecule has 0 aromatic heterocycles. The first-order chi connectivity index (χ1) is 16.4. The van der Waals surface area contributed by atoms with Gasteiger partial charge in [0.25, 0.3) is 0 Å². The number of aliphatic imine (C=N–C) groups is 1. The van der Waals surface area contributed by atoms with E-state index in [0.717, 1.165) is 37.1 Å². The van der Waals surface area contributed by atoms with Crippen LogP contribution in [0.1, 0.15) is 36.5 Å². The molecule has 2 aromatic rings. The second kappa shape index (κ2) is 6.32. The number of benzene rings is 2. The molecular weight excluding hydrogens is 424 g/mol. The van der Waals surface area contributed by atoms with E-state index in [2.05, 4.69) is 67.4 Å². The maximum Gasteiger partial charge on any atom is 0.161 e. The zero-order valence-electron chi connectivity index (χ0n) is 20.3. The molecule has 2 aromatic carbocycles. The van der Waals surface area contributed by atoms with Crippen molar-refractivity contribution in [3.63, 3.8) is 0 Å². The van der Waals surface area contributed by atoms with Crippen LogP contribution in [-0.2, 0) is 16.6 Å². The molecular formula is C29H32N2O3. The Kier molecular flexibility index (Phi) is 3.85. The van der Waals surface area contributed by atoms with Gasteiger partial charge < -0.3 is 19.5 Å². The minimum atomic E-state index is -0.551. The Balaban J connectivity index is 1.59. The largest absolute Gasteiger partial charge is 0.504 e. The fraction of sp³-hybridized carbons (Fsp3) is 0.483. The van der Waals surface area contributed by atoms with Crippen LogP contribution < -0.4 is 4.74 Å². The van der Waals surface area contributed by atoms with Crippen LogP contribution in [0.2, 0.25) is 0 Å². The monoisotopic (exact) mass is 456 g/mol. The smallest absolute Gasteiger partial charge is 0.161 e. The third-order valence-electron chi connectivity index (χ3n) is 10.3. The van der Waals surface area contributed by atoms with Crippen LogP contribution in [0.25, 0.3) is 0 Å². The van der Waals surface area contributed by atoms with Crippen molar-refractivity contribution in [2.45, 2.75) is 49.3 Å². The van der Waals surface area contributed by atoms with E-state index < -0.39 is 5.60 Å². The molecule has 6 atom stereocenters. The number of hydrogen-bond acceptors (Lipinski definition) is 5. The van der Waals surface area contributed by atoms with Crippen molar-refractivity contribution < 1.29 is 14.6 Å². The van der Waals surface area contributed by atoms with Crippen LogP contribution in [0.15, 0.2) is 59.6 Å². The van der Waals surface area contributed by atoms with Gasteiger partial charge in [-0.3, -0.25) is 4.99 Å². The molecule has 2 aliphatic heterocycles. The summed E-state index contributed by atoms with van der Waals surface area (Å²) in [5, 5.41) is 11.6. The summed E-state index contributed by atoms with van der Waals surface area (Å²) in [6, 6.07) is 14.9. The topological polar surface area (TPSA) is 54.3 Å². The van der Waals surface area contributed by atoms with Gasteiger partial charge in [-0.25, -0.2) is 0 Å². The fourth-order valence-corrected chi connectivity index (χ4v) is 8.98. The summed E-state index contributed by atoms with van der Waals surface area (Å²) in [6.07, 6.45) is 7.59. The molecule has 1 saturated heterocycles. The highest BCUT2D eigenvalue weighted by molar-refractivity contribution is 6.08. The Morgan fingerprint density at radius 2 is 1.88 bits per heavy atom. The lowest BCUT2D eigenvalue weighted by molar-refractivity contribution is -0.183. The Labute approximate surface area is 201 Å². The van der Waals surface area contributed by atoms with Crippen molar-refractivity contribution in [2.75, 3.05) is 27.8 Å². The predicted octanol–water partition coefficient (Wildman–Crippen LogP) is 4.12. The summed E-state index contributed by atoms with van der Waals surface area (Å²) < 4.78 is 12.2. The highest BCUT2D eigenvalue weighted by atomic mass is 16.5. The van der Waals surface area contributed by atoms with Crippen molar-refractivity contribution in [1.29, 1.82) is 0 Å². The second-order valence-electron chi connectivity index (χ2n) is 11.2. The van der Waals surface area contributed by atoms with Crippen molar-refractivity contribution in [1.82, 2.24) is 4.90 Å². The molecule has 2 heterocycles. The van der Waals surface area contributed by atoms with Crippen LogP contribution in [0.4, 0.5) is 0 Å².